The van der Waals surface area contributed by atoms with Crippen LogP contribution in [0, 0.1) is 11.8 Å². The molecule has 0 spiro atoms. The van der Waals surface area contributed by atoms with Gasteiger partial charge in [-0.05, 0) is 37.5 Å². The molecule has 0 aromatic rings. The van der Waals surface area contributed by atoms with Gasteiger partial charge in [0.25, 0.3) is 0 Å². The molecule has 16 heavy (non-hydrogen) atoms. The highest BCUT2D eigenvalue weighted by molar-refractivity contribution is 5.81. The Hall–Kier alpha value is -0.570. The van der Waals surface area contributed by atoms with E-state index in [1.54, 1.807) is 0 Å². The van der Waals surface area contributed by atoms with Gasteiger partial charge in [0.2, 0.25) is 5.91 Å². The van der Waals surface area contributed by atoms with Gasteiger partial charge in [0, 0.05) is 13.1 Å². The van der Waals surface area contributed by atoms with E-state index in [1.165, 1.54) is 12.8 Å². The van der Waals surface area contributed by atoms with E-state index in [0.29, 0.717) is 5.92 Å². The number of amides is 1. The minimum Gasteiger partial charge on any atom is -0.341 e. The maximum absolute atomic E-state index is 12.1. The minimum absolute atomic E-state index is 0.155. The van der Waals surface area contributed by atoms with Crippen LogP contribution in [0.25, 0.3) is 0 Å². The Morgan fingerprint density at radius 2 is 2.06 bits per heavy atom. The van der Waals surface area contributed by atoms with E-state index in [2.05, 4.69) is 20.8 Å². The van der Waals surface area contributed by atoms with E-state index in [-0.39, 0.29) is 11.9 Å². The Bertz CT molecular complexity index is 224. The van der Waals surface area contributed by atoms with Gasteiger partial charge in [-0.3, -0.25) is 4.79 Å². The summed E-state index contributed by atoms with van der Waals surface area (Å²) in [6, 6.07) is -0.301. The molecule has 1 saturated carbocycles. The van der Waals surface area contributed by atoms with Gasteiger partial charge in [-0.1, -0.05) is 20.8 Å². The van der Waals surface area contributed by atoms with Crippen molar-refractivity contribution < 1.29 is 4.79 Å². The number of nitrogens with two attached hydrogens (primary N) is 1. The zero-order valence-electron chi connectivity index (χ0n) is 10.9. The predicted octanol–water partition coefficient (Wildman–Crippen LogP) is 2.01. The fourth-order valence-electron chi connectivity index (χ4n) is 2.02. The average Bonchev–Trinajstić information content (AvgIpc) is 2.99. The Labute approximate surface area is 99.4 Å². The summed E-state index contributed by atoms with van der Waals surface area (Å²) in [6.07, 6.45) is 4.39. The molecule has 0 bridgehead atoms. The van der Waals surface area contributed by atoms with Crippen molar-refractivity contribution in [2.75, 3.05) is 13.1 Å². The first kappa shape index (κ1) is 13.5. The summed E-state index contributed by atoms with van der Waals surface area (Å²) < 4.78 is 0. The van der Waals surface area contributed by atoms with Gasteiger partial charge < -0.3 is 10.6 Å². The molecule has 3 nitrogen and oxygen atoms in total. The Morgan fingerprint density at radius 3 is 2.50 bits per heavy atom. The molecule has 2 N–H and O–H groups in total. The Balaban J connectivity index is 2.43. The van der Waals surface area contributed by atoms with Crippen molar-refractivity contribution in [2.24, 2.45) is 17.6 Å². The number of carbonyl (C=O) groups is 1. The van der Waals surface area contributed by atoms with Crippen LogP contribution in [0.2, 0.25) is 0 Å². The summed E-state index contributed by atoms with van der Waals surface area (Å²) in [5, 5.41) is 0. The fourth-order valence-corrected chi connectivity index (χ4v) is 2.02. The summed E-state index contributed by atoms with van der Waals surface area (Å²) in [5.41, 5.74) is 5.95. The lowest BCUT2D eigenvalue weighted by Crippen LogP contribution is -2.45. The zero-order valence-corrected chi connectivity index (χ0v) is 10.9. The highest BCUT2D eigenvalue weighted by atomic mass is 16.2. The molecular formula is C13H26N2O. The number of hydrogen-bond acceptors (Lipinski definition) is 2. The minimum atomic E-state index is -0.301. The van der Waals surface area contributed by atoms with Crippen LogP contribution < -0.4 is 5.73 Å². The van der Waals surface area contributed by atoms with E-state index >= 15 is 0 Å². The number of nitrogens with zero attached hydrogens (tertiary/aromatic N) is 1. The van der Waals surface area contributed by atoms with Gasteiger partial charge in [-0.25, -0.2) is 0 Å². The Kier molecular flexibility index (Phi) is 5.26. The quantitative estimate of drug-likeness (QED) is 0.722. The van der Waals surface area contributed by atoms with Crippen LogP contribution in [-0.2, 0) is 4.79 Å². The third-order valence-corrected chi connectivity index (χ3v) is 3.02. The second kappa shape index (κ2) is 6.24. The smallest absolute Gasteiger partial charge is 0.239 e. The average molecular weight is 226 g/mol. The van der Waals surface area contributed by atoms with E-state index in [0.717, 1.165) is 31.8 Å². The van der Waals surface area contributed by atoms with Crippen LogP contribution >= 0.6 is 0 Å². The summed E-state index contributed by atoms with van der Waals surface area (Å²) in [4.78, 5) is 14.1. The molecule has 0 aromatic heterocycles. The molecule has 1 aliphatic carbocycles. The number of hydrogen-bond donors (Lipinski definition) is 1. The maximum atomic E-state index is 12.1. The van der Waals surface area contributed by atoms with Crippen molar-refractivity contribution in [2.45, 2.75) is 52.5 Å². The van der Waals surface area contributed by atoms with E-state index in [1.807, 2.05) is 4.90 Å². The second-order valence-electron chi connectivity index (χ2n) is 5.46. The van der Waals surface area contributed by atoms with Crippen LogP contribution in [0.3, 0.4) is 0 Å². The highest BCUT2D eigenvalue weighted by Crippen LogP contribution is 2.30. The van der Waals surface area contributed by atoms with E-state index in [4.69, 9.17) is 5.73 Å². The maximum Gasteiger partial charge on any atom is 0.239 e. The molecule has 1 aliphatic rings. The predicted molar refractivity (Wildman–Crippen MR) is 67.0 cm³/mol. The standard InChI is InChI=1S/C13H26N2O/c1-4-7-15(9-11-5-6-11)13(16)12(14)8-10(2)3/h10-12H,4-9,14H2,1-3H3/t12-/m1/s1. The van der Waals surface area contributed by atoms with Crippen LogP contribution in [0.1, 0.15) is 46.5 Å². The molecule has 0 aliphatic heterocycles. The van der Waals surface area contributed by atoms with Gasteiger partial charge in [0.1, 0.15) is 0 Å². The normalized spacial score (nSPS) is 17.6. The third kappa shape index (κ3) is 4.52. The molecule has 3 heteroatoms. The second-order valence-corrected chi connectivity index (χ2v) is 5.46. The lowest BCUT2D eigenvalue weighted by Gasteiger charge is -2.26. The van der Waals surface area contributed by atoms with Crippen LogP contribution in [0.4, 0.5) is 0 Å². The summed E-state index contributed by atoms with van der Waals surface area (Å²) in [5.74, 6) is 1.40. The molecular weight excluding hydrogens is 200 g/mol. The molecule has 0 unspecified atom stereocenters. The molecule has 0 heterocycles. The summed E-state index contributed by atoms with van der Waals surface area (Å²) in [7, 11) is 0. The van der Waals surface area contributed by atoms with Crippen molar-refractivity contribution in [3.05, 3.63) is 0 Å². The monoisotopic (exact) mass is 226 g/mol. The van der Waals surface area contributed by atoms with Gasteiger partial charge in [0.15, 0.2) is 0 Å². The SMILES string of the molecule is CCCN(CC1CC1)C(=O)[C@H](N)CC(C)C. The van der Waals surface area contributed by atoms with Gasteiger partial charge >= 0.3 is 0 Å². The first-order chi connectivity index (χ1) is 7.54. The molecule has 0 radical (unpaired) electrons. The van der Waals surface area contributed by atoms with Crippen molar-refractivity contribution in [1.82, 2.24) is 4.90 Å². The number of rotatable bonds is 7. The topological polar surface area (TPSA) is 46.3 Å². The molecule has 1 amide bonds. The van der Waals surface area contributed by atoms with Crippen LogP contribution in [0.15, 0.2) is 0 Å². The van der Waals surface area contributed by atoms with Crippen LogP contribution in [-0.4, -0.2) is 29.9 Å². The van der Waals surface area contributed by atoms with Gasteiger partial charge in [-0.15, -0.1) is 0 Å². The van der Waals surface area contributed by atoms with Gasteiger partial charge in [0.05, 0.1) is 6.04 Å². The first-order valence-electron chi connectivity index (χ1n) is 6.59. The van der Waals surface area contributed by atoms with Crippen molar-refractivity contribution in [1.29, 1.82) is 0 Å². The molecule has 1 atom stereocenters. The summed E-state index contributed by atoms with van der Waals surface area (Å²) >= 11 is 0. The van der Waals surface area contributed by atoms with Crippen molar-refractivity contribution >= 4 is 5.91 Å². The summed E-state index contributed by atoms with van der Waals surface area (Å²) in [6.45, 7) is 8.12. The van der Waals surface area contributed by atoms with Crippen LogP contribution in [0.5, 0.6) is 0 Å². The van der Waals surface area contributed by atoms with Gasteiger partial charge in [-0.2, -0.15) is 0 Å². The highest BCUT2D eigenvalue weighted by Gasteiger charge is 2.28. The first-order valence-corrected chi connectivity index (χ1v) is 6.59. The lowest BCUT2D eigenvalue weighted by atomic mass is 10.0. The Morgan fingerprint density at radius 1 is 1.44 bits per heavy atom. The largest absolute Gasteiger partial charge is 0.341 e. The molecule has 0 saturated heterocycles. The molecule has 0 aromatic carbocycles. The molecule has 1 fully saturated rings. The van der Waals surface area contributed by atoms with Crippen molar-refractivity contribution in [3.63, 3.8) is 0 Å². The molecule has 94 valence electrons. The molecule has 1 rings (SSSR count). The zero-order chi connectivity index (χ0) is 12.1. The lowest BCUT2D eigenvalue weighted by molar-refractivity contribution is -0.133. The van der Waals surface area contributed by atoms with E-state index < -0.39 is 0 Å². The fraction of sp³-hybridized carbons (Fsp3) is 0.923. The van der Waals surface area contributed by atoms with E-state index in [9.17, 15) is 4.79 Å². The third-order valence-electron chi connectivity index (χ3n) is 3.02. The van der Waals surface area contributed by atoms with Crippen molar-refractivity contribution in [3.8, 4) is 0 Å². The number of carbonyl (C=O) groups excluding carboxylic acids is 1.